The number of alkyl halides is 1. The van der Waals surface area contributed by atoms with Crippen LogP contribution in [0.2, 0.25) is 0 Å². The number of rotatable bonds is 2. The summed E-state index contributed by atoms with van der Waals surface area (Å²) in [5.41, 5.74) is 0. The lowest BCUT2D eigenvalue weighted by Gasteiger charge is -2.16. The van der Waals surface area contributed by atoms with Gasteiger partial charge in [-0.1, -0.05) is 0 Å². The van der Waals surface area contributed by atoms with Gasteiger partial charge in [0.2, 0.25) is 0 Å². The third-order valence-corrected chi connectivity index (χ3v) is 2.00. The van der Waals surface area contributed by atoms with Crippen LogP contribution < -0.4 is 0 Å². The van der Waals surface area contributed by atoms with E-state index in [-0.39, 0.29) is 0 Å². The molecule has 1 unspecified atom stereocenters. The minimum atomic E-state index is -0.648. The number of methoxy groups -OCH3 is 1. The van der Waals surface area contributed by atoms with Crippen molar-refractivity contribution in [3.05, 3.63) is 0 Å². The van der Waals surface area contributed by atoms with Gasteiger partial charge in [-0.15, -0.1) is 0 Å². The Morgan fingerprint density at radius 1 is 1.70 bits per heavy atom. The van der Waals surface area contributed by atoms with E-state index in [0.717, 1.165) is 0 Å². The Morgan fingerprint density at radius 2 is 2.40 bits per heavy atom. The summed E-state index contributed by atoms with van der Waals surface area (Å²) < 4.78 is 17.6. The van der Waals surface area contributed by atoms with Gasteiger partial charge in [0.1, 0.15) is 6.17 Å². The Kier molecular flexibility index (Phi) is 2.63. The number of halogens is 1. The summed E-state index contributed by atoms with van der Waals surface area (Å²) in [5, 5.41) is 0. The van der Waals surface area contributed by atoms with E-state index in [2.05, 4.69) is 0 Å². The number of likely N-dealkylation sites (N-methyl/N-ethyl adjacent to an activating group) is 1. The molecule has 10 heavy (non-hydrogen) atoms. The van der Waals surface area contributed by atoms with Gasteiger partial charge >= 0.3 is 0 Å². The molecule has 0 saturated carbocycles. The first-order valence-corrected chi connectivity index (χ1v) is 3.57. The zero-order valence-corrected chi connectivity index (χ0v) is 6.51. The minimum absolute atomic E-state index is 0.292. The summed E-state index contributed by atoms with van der Waals surface area (Å²) in [6, 6.07) is 0.292. The SMILES string of the molecule is COC[C@@H]1CC(F)CN1C. The van der Waals surface area contributed by atoms with E-state index < -0.39 is 6.17 Å². The number of ether oxygens (including phenoxy) is 1. The highest BCUT2D eigenvalue weighted by molar-refractivity contribution is 4.82. The zero-order chi connectivity index (χ0) is 7.56. The molecule has 0 radical (unpaired) electrons. The Labute approximate surface area is 61.0 Å². The maximum absolute atomic E-state index is 12.7. The van der Waals surface area contributed by atoms with Crippen LogP contribution in [0.4, 0.5) is 4.39 Å². The van der Waals surface area contributed by atoms with Crippen LogP contribution >= 0.6 is 0 Å². The molecule has 60 valence electrons. The van der Waals surface area contributed by atoms with Crippen LogP contribution in [-0.4, -0.2) is 44.4 Å². The molecule has 1 aliphatic rings. The second kappa shape index (κ2) is 3.30. The molecule has 0 aliphatic carbocycles. The largest absolute Gasteiger partial charge is 0.383 e. The number of hydrogen-bond donors (Lipinski definition) is 0. The molecule has 0 N–H and O–H groups in total. The molecule has 1 heterocycles. The fourth-order valence-electron chi connectivity index (χ4n) is 1.40. The van der Waals surface area contributed by atoms with E-state index in [1.165, 1.54) is 0 Å². The lowest BCUT2D eigenvalue weighted by Crippen LogP contribution is -2.28. The number of likely N-dealkylation sites (tertiary alicyclic amines) is 1. The van der Waals surface area contributed by atoms with Gasteiger partial charge in [-0.05, 0) is 13.5 Å². The molecule has 1 rings (SSSR count). The molecule has 3 heteroatoms. The zero-order valence-electron chi connectivity index (χ0n) is 6.51. The predicted molar refractivity (Wildman–Crippen MR) is 37.8 cm³/mol. The van der Waals surface area contributed by atoms with Gasteiger partial charge < -0.3 is 4.74 Å². The van der Waals surface area contributed by atoms with Gasteiger partial charge in [-0.3, -0.25) is 4.90 Å². The van der Waals surface area contributed by atoms with Crippen LogP contribution in [0.15, 0.2) is 0 Å². The third-order valence-electron chi connectivity index (χ3n) is 2.00. The van der Waals surface area contributed by atoms with E-state index >= 15 is 0 Å². The Morgan fingerprint density at radius 3 is 2.80 bits per heavy atom. The van der Waals surface area contributed by atoms with Crippen molar-refractivity contribution in [3.8, 4) is 0 Å². The number of nitrogens with zero attached hydrogens (tertiary/aromatic N) is 1. The second-order valence-corrected chi connectivity index (χ2v) is 2.88. The molecule has 0 aromatic carbocycles. The molecule has 0 amide bonds. The van der Waals surface area contributed by atoms with Gasteiger partial charge in [-0.25, -0.2) is 4.39 Å². The van der Waals surface area contributed by atoms with Crippen molar-refractivity contribution in [1.29, 1.82) is 0 Å². The molecule has 0 aromatic rings. The van der Waals surface area contributed by atoms with Crippen LogP contribution in [0.25, 0.3) is 0 Å². The van der Waals surface area contributed by atoms with Crippen molar-refractivity contribution < 1.29 is 9.13 Å². The first-order valence-electron chi connectivity index (χ1n) is 3.57. The number of hydrogen-bond acceptors (Lipinski definition) is 2. The molecule has 2 atom stereocenters. The summed E-state index contributed by atoms with van der Waals surface area (Å²) in [7, 11) is 3.59. The third kappa shape index (κ3) is 1.67. The highest BCUT2D eigenvalue weighted by Crippen LogP contribution is 2.17. The summed E-state index contributed by atoms with van der Waals surface area (Å²) in [4.78, 5) is 2.01. The van der Waals surface area contributed by atoms with Gasteiger partial charge in [0.15, 0.2) is 0 Å². The molecule has 1 fully saturated rings. The van der Waals surface area contributed by atoms with Gasteiger partial charge in [0.05, 0.1) is 6.61 Å². The summed E-state index contributed by atoms with van der Waals surface area (Å²) >= 11 is 0. The maximum Gasteiger partial charge on any atom is 0.114 e. The molecule has 1 aliphatic heterocycles. The molecular formula is C7H14FNO. The van der Waals surface area contributed by atoms with Crippen molar-refractivity contribution in [2.45, 2.75) is 18.6 Å². The van der Waals surface area contributed by atoms with Crippen LogP contribution in [-0.2, 0) is 4.74 Å². The quantitative estimate of drug-likeness (QED) is 0.569. The Balaban J connectivity index is 2.31. The van der Waals surface area contributed by atoms with Crippen molar-refractivity contribution in [2.24, 2.45) is 0 Å². The van der Waals surface area contributed by atoms with Crippen LogP contribution in [0.1, 0.15) is 6.42 Å². The maximum atomic E-state index is 12.7. The fourth-order valence-corrected chi connectivity index (χ4v) is 1.40. The van der Waals surface area contributed by atoms with Gasteiger partial charge in [-0.2, -0.15) is 0 Å². The smallest absolute Gasteiger partial charge is 0.114 e. The Hall–Kier alpha value is -0.150. The summed E-state index contributed by atoms with van der Waals surface area (Å²) in [6.45, 7) is 1.21. The molecule has 0 spiro atoms. The average molecular weight is 147 g/mol. The first kappa shape index (κ1) is 7.95. The minimum Gasteiger partial charge on any atom is -0.383 e. The standard InChI is InChI=1S/C7H14FNO/c1-9-4-6(8)3-7(9)5-10-2/h6-7H,3-5H2,1-2H3/t6?,7-/m0/s1. The molecule has 0 aromatic heterocycles. The second-order valence-electron chi connectivity index (χ2n) is 2.88. The fraction of sp³-hybridized carbons (Fsp3) is 1.00. The average Bonchev–Trinajstić information content (AvgIpc) is 2.13. The van der Waals surface area contributed by atoms with E-state index in [0.29, 0.717) is 25.6 Å². The molecule has 2 nitrogen and oxygen atoms in total. The normalized spacial score (nSPS) is 35.1. The highest BCUT2D eigenvalue weighted by Gasteiger charge is 2.28. The van der Waals surface area contributed by atoms with E-state index in [1.807, 2.05) is 11.9 Å². The van der Waals surface area contributed by atoms with E-state index in [1.54, 1.807) is 7.11 Å². The predicted octanol–water partition coefficient (Wildman–Crippen LogP) is 0.675. The Bertz CT molecular complexity index is 110. The van der Waals surface area contributed by atoms with Crippen molar-refractivity contribution in [1.82, 2.24) is 4.90 Å². The lowest BCUT2D eigenvalue weighted by molar-refractivity contribution is 0.129. The van der Waals surface area contributed by atoms with Crippen LogP contribution in [0.5, 0.6) is 0 Å². The highest BCUT2D eigenvalue weighted by atomic mass is 19.1. The summed E-state index contributed by atoms with van der Waals surface area (Å²) in [5.74, 6) is 0. The van der Waals surface area contributed by atoms with Crippen LogP contribution in [0, 0.1) is 0 Å². The van der Waals surface area contributed by atoms with E-state index in [9.17, 15) is 4.39 Å². The topological polar surface area (TPSA) is 12.5 Å². The van der Waals surface area contributed by atoms with Gasteiger partial charge in [0, 0.05) is 19.7 Å². The molecule has 1 saturated heterocycles. The van der Waals surface area contributed by atoms with Gasteiger partial charge in [0.25, 0.3) is 0 Å². The summed E-state index contributed by atoms with van der Waals surface area (Å²) in [6.07, 6.45) is -0.0187. The first-order chi connectivity index (χ1) is 4.74. The van der Waals surface area contributed by atoms with Crippen LogP contribution in [0.3, 0.4) is 0 Å². The van der Waals surface area contributed by atoms with Crippen molar-refractivity contribution >= 4 is 0 Å². The molecule has 0 bridgehead atoms. The monoisotopic (exact) mass is 147 g/mol. The van der Waals surface area contributed by atoms with E-state index in [4.69, 9.17) is 4.74 Å². The van der Waals surface area contributed by atoms with Crippen molar-refractivity contribution in [2.75, 3.05) is 27.3 Å². The molecular weight excluding hydrogens is 133 g/mol. The lowest BCUT2D eigenvalue weighted by atomic mass is 10.2. The van der Waals surface area contributed by atoms with Crippen molar-refractivity contribution in [3.63, 3.8) is 0 Å².